The van der Waals surface area contributed by atoms with Crippen molar-refractivity contribution in [2.75, 3.05) is 6.61 Å². The third kappa shape index (κ3) is 6.67. The van der Waals surface area contributed by atoms with Crippen LogP contribution in [0.1, 0.15) is 47.5 Å². The normalized spacial score (nSPS) is 29.5. The van der Waals surface area contributed by atoms with Crippen molar-refractivity contribution in [3.05, 3.63) is 47.1 Å². The van der Waals surface area contributed by atoms with E-state index in [1.54, 1.807) is 19.9 Å². The fourth-order valence-electron chi connectivity index (χ4n) is 3.62. The van der Waals surface area contributed by atoms with Gasteiger partial charge in [-0.1, -0.05) is 18.2 Å². The van der Waals surface area contributed by atoms with Crippen LogP contribution in [0.15, 0.2) is 47.1 Å². The molecule has 0 bridgehead atoms. The van der Waals surface area contributed by atoms with E-state index < -0.39 is 48.1 Å². The van der Waals surface area contributed by atoms with E-state index in [1.807, 2.05) is 13.0 Å². The highest BCUT2D eigenvalue weighted by Gasteiger charge is 2.44. The average molecular weight is 446 g/mol. The van der Waals surface area contributed by atoms with Crippen molar-refractivity contribution in [1.82, 2.24) is 0 Å². The third-order valence-corrected chi connectivity index (χ3v) is 5.37. The first-order chi connectivity index (χ1) is 15.0. The van der Waals surface area contributed by atoms with Crippen molar-refractivity contribution in [1.29, 1.82) is 0 Å². The van der Waals surface area contributed by atoms with Gasteiger partial charge in [-0.2, -0.15) is 0 Å². The Morgan fingerprint density at radius 2 is 1.84 bits per heavy atom. The monoisotopic (exact) mass is 446 g/mol. The van der Waals surface area contributed by atoms with Crippen LogP contribution >= 0.6 is 0 Å². The van der Waals surface area contributed by atoms with Gasteiger partial charge in [0, 0.05) is 37.8 Å². The second-order valence-electron chi connectivity index (χ2n) is 8.05. The SMILES string of the molecule is C=C1C(=O)O[C@@H]2/C=C(\C)[C@@H](OC(C)=O)C/C=C(\C)C[C@@H](OC(=O)/C(C)=C/COC(C)=O)[C@@H]12. The molecule has 0 radical (unpaired) electrons. The van der Waals surface area contributed by atoms with Gasteiger partial charge >= 0.3 is 23.9 Å². The fraction of sp³-hybridized carbons (Fsp3) is 0.500. The molecule has 0 aromatic rings. The summed E-state index contributed by atoms with van der Waals surface area (Å²) in [6.45, 7) is 11.7. The first-order valence-electron chi connectivity index (χ1n) is 10.4. The molecule has 2 rings (SSSR count). The molecule has 1 fully saturated rings. The van der Waals surface area contributed by atoms with Gasteiger partial charge in [0.05, 0.1) is 5.92 Å². The van der Waals surface area contributed by atoms with Crippen molar-refractivity contribution in [3.8, 4) is 0 Å². The molecule has 0 aromatic carbocycles. The summed E-state index contributed by atoms with van der Waals surface area (Å²) in [5, 5.41) is 0. The summed E-state index contributed by atoms with van der Waals surface area (Å²) in [6.07, 6.45) is 4.02. The average Bonchev–Trinajstić information content (AvgIpc) is 2.96. The van der Waals surface area contributed by atoms with Gasteiger partial charge in [-0.05, 0) is 38.5 Å². The molecule has 4 atom stereocenters. The molecule has 174 valence electrons. The number of ether oxygens (including phenoxy) is 4. The van der Waals surface area contributed by atoms with E-state index in [1.165, 1.54) is 19.9 Å². The van der Waals surface area contributed by atoms with Gasteiger partial charge in [0.1, 0.15) is 24.9 Å². The number of hydrogen-bond donors (Lipinski definition) is 0. The van der Waals surface area contributed by atoms with Crippen molar-refractivity contribution >= 4 is 23.9 Å². The zero-order chi connectivity index (χ0) is 24.0. The summed E-state index contributed by atoms with van der Waals surface area (Å²) in [4.78, 5) is 47.4. The van der Waals surface area contributed by atoms with Gasteiger partial charge in [0.25, 0.3) is 0 Å². The van der Waals surface area contributed by atoms with Crippen molar-refractivity contribution < 1.29 is 38.1 Å². The van der Waals surface area contributed by atoms with Gasteiger partial charge in [0.2, 0.25) is 0 Å². The molecule has 32 heavy (non-hydrogen) atoms. The highest BCUT2D eigenvalue weighted by atomic mass is 16.6. The minimum absolute atomic E-state index is 0.0420. The van der Waals surface area contributed by atoms with Crippen LogP contribution in [-0.4, -0.2) is 48.8 Å². The molecule has 0 N–H and O–H groups in total. The molecule has 2 aliphatic rings. The maximum atomic E-state index is 12.7. The van der Waals surface area contributed by atoms with Crippen LogP contribution in [0.3, 0.4) is 0 Å². The Bertz CT molecular complexity index is 892. The Balaban J connectivity index is 2.33. The van der Waals surface area contributed by atoms with Gasteiger partial charge in [-0.25, -0.2) is 9.59 Å². The molecular weight excluding hydrogens is 416 g/mol. The molecular formula is C24H30O8. The Morgan fingerprint density at radius 1 is 1.16 bits per heavy atom. The smallest absolute Gasteiger partial charge is 0.334 e. The quantitative estimate of drug-likeness (QED) is 0.275. The summed E-state index contributed by atoms with van der Waals surface area (Å²) in [7, 11) is 0. The second kappa shape index (κ2) is 10.9. The Hall–Kier alpha value is -3.16. The largest absolute Gasteiger partial charge is 0.462 e. The van der Waals surface area contributed by atoms with Crippen molar-refractivity contribution in [2.45, 2.75) is 65.8 Å². The molecule has 1 aliphatic carbocycles. The number of rotatable bonds is 5. The highest BCUT2D eigenvalue weighted by Crippen LogP contribution is 2.36. The predicted molar refractivity (Wildman–Crippen MR) is 115 cm³/mol. The Morgan fingerprint density at radius 3 is 2.47 bits per heavy atom. The summed E-state index contributed by atoms with van der Waals surface area (Å²) >= 11 is 0. The fourth-order valence-corrected chi connectivity index (χ4v) is 3.62. The Kier molecular flexibility index (Phi) is 8.57. The summed E-state index contributed by atoms with van der Waals surface area (Å²) < 4.78 is 21.5. The predicted octanol–water partition coefficient (Wildman–Crippen LogP) is 3.12. The lowest BCUT2D eigenvalue weighted by molar-refractivity contribution is -0.148. The molecule has 8 nitrogen and oxygen atoms in total. The van der Waals surface area contributed by atoms with Crippen molar-refractivity contribution in [3.63, 3.8) is 0 Å². The van der Waals surface area contributed by atoms with Crippen LogP contribution in [0.5, 0.6) is 0 Å². The minimum Gasteiger partial charge on any atom is -0.462 e. The zero-order valence-electron chi connectivity index (χ0n) is 19.1. The number of hydrogen-bond acceptors (Lipinski definition) is 8. The highest BCUT2D eigenvalue weighted by molar-refractivity contribution is 5.92. The summed E-state index contributed by atoms with van der Waals surface area (Å²) in [6, 6.07) is 0. The van der Waals surface area contributed by atoms with E-state index in [4.69, 9.17) is 18.9 Å². The maximum absolute atomic E-state index is 12.7. The van der Waals surface area contributed by atoms with Crippen LogP contribution in [0.2, 0.25) is 0 Å². The van der Waals surface area contributed by atoms with E-state index in [-0.39, 0.29) is 17.8 Å². The molecule has 1 heterocycles. The summed E-state index contributed by atoms with van der Waals surface area (Å²) in [5.74, 6) is -2.60. The van der Waals surface area contributed by atoms with E-state index in [9.17, 15) is 19.2 Å². The van der Waals surface area contributed by atoms with Crippen LogP contribution in [0.4, 0.5) is 0 Å². The lowest BCUT2D eigenvalue weighted by Gasteiger charge is -2.28. The topological polar surface area (TPSA) is 105 Å². The first-order valence-corrected chi connectivity index (χ1v) is 10.4. The second-order valence-corrected chi connectivity index (χ2v) is 8.05. The standard InChI is InChI=1S/C24H30O8/c1-13-7-8-19(30-18(6)26)15(3)12-21-22(16(4)24(28)32-21)20(11-13)31-23(27)14(2)9-10-29-17(5)25/h7,9,12,19-22H,4,8,10-11H2,1-3,5-6H3/b13-7+,14-9+,15-12+/t19-,20+,21+,22+/m0/s1. The van der Waals surface area contributed by atoms with Gasteiger partial charge in [0.15, 0.2) is 0 Å². The van der Waals surface area contributed by atoms with Gasteiger partial charge in [-0.3, -0.25) is 9.59 Å². The van der Waals surface area contributed by atoms with Gasteiger partial charge < -0.3 is 18.9 Å². The molecule has 0 amide bonds. The van der Waals surface area contributed by atoms with E-state index in [0.29, 0.717) is 12.8 Å². The number of carbonyl (C=O) groups is 4. The molecule has 0 unspecified atom stereocenters. The summed E-state index contributed by atoms with van der Waals surface area (Å²) in [5.41, 5.74) is 2.13. The third-order valence-electron chi connectivity index (χ3n) is 5.37. The van der Waals surface area contributed by atoms with E-state index in [0.717, 1.165) is 11.1 Å². The number of fused-ring (bicyclic) bond motifs is 1. The molecule has 0 spiro atoms. The number of carbonyl (C=O) groups excluding carboxylic acids is 4. The van der Waals surface area contributed by atoms with Gasteiger partial charge in [-0.15, -0.1) is 0 Å². The van der Waals surface area contributed by atoms with Crippen LogP contribution in [-0.2, 0) is 38.1 Å². The maximum Gasteiger partial charge on any atom is 0.334 e. The van der Waals surface area contributed by atoms with Crippen molar-refractivity contribution in [2.24, 2.45) is 5.92 Å². The van der Waals surface area contributed by atoms with Crippen LogP contribution in [0.25, 0.3) is 0 Å². The lowest BCUT2D eigenvalue weighted by Crippen LogP contribution is -2.34. The Labute approximate surface area is 187 Å². The molecule has 0 saturated carbocycles. The number of esters is 4. The van der Waals surface area contributed by atoms with Crippen LogP contribution in [0, 0.1) is 5.92 Å². The molecule has 1 saturated heterocycles. The van der Waals surface area contributed by atoms with Crippen LogP contribution < -0.4 is 0 Å². The van der Waals surface area contributed by atoms with E-state index >= 15 is 0 Å². The molecule has 1 aliphatic heterocycles. The first kappa shape index (κ1) is 25.1. The lowest BCUT2D eigenvalue weighted by atomic mass is 9.85. The molecule has 0 aromatic heterocycles. The molecule has 8 heteroatoms. The zero-order valence-corrected chi connectivity index (χ0v) is 19.1. The van der Waals surface area contributed by atoms with E-state index in [2.05, 4.69) is 6.58 Å². The minimum atomic E-state index is -0.706.